The van der Waals surface area contributed by atoms with Crippen LogP contribution in [0.3, 0.4) is 0 Å². The molecule has 138 valence electrons. The van der Waals surface area contributed by atoms with Gasteiger partial charge >= 0.3 is 0 Å². The molecule has 1 N–H and O–H groups in total. The van der Waals surface area contributed by atoms with E-state index >= 15 is 0 Å². The summed E-state index contributed by atoms with van der Waals surface area (Å²) in [5, 5.41) is 0. The second kappa shape index (κ2) is 9.10. The molecule has 0 saturated carbocycles. The van der Waals surface area contributed by atoms with Crippen molar-refractivity contribution in [2.24, 2.45) is 5.92 Å². The average Bonchev–Trinajstić information content (AvgIpc) is 2.59. The van der Waals surface area contributed by atoms with Crippen LogP contribution in [0.25, 0.3) is 0 Å². The topological polar surface area (TPSA) is 83.6 Å². The molecular formula is C18H26N2O4S. The SMILES string of the molecule is CS(=O)(=O)NCCC(=O)N1CCC[C@@H](C(=O)CCc2ccccc2)C1. The minimum atomic E-state index is -3.28. The third kappa shape index (κ3) is 6.96. The fourth-order valence-corrected chi connectivity index (χ4v) is 3.56. The summed E-state index contributed by atoms with van der Waals surface area (Å²) < 4.78 is 24.4. The normalized spacial score (nSPS) is 18.1. The summed E-state index contributed by atoms with van der Waals surface area (Å²) in [6.45, 7) is 1.19. The van der Waals surface area contributed by atoms with E-state index in [2.05, 4.69) is 4.72 Å². The lowest BCUT2D eigenvalue weighted by Gasteiger charge is -2.32. The molecule has 1 aromatic rings. The van der Waals surface area contributed by atoms with Crippen molar-refractivity contribution in [2.45, 2.75) is 32.1 Å². The van der Waals surface area contributed by atoms with Gasteiger partial charge in [0.1, 0.15) is 5.78 Å². The summed E-state index contributed by atoms with van der Waals surface area (Å²) >= 11 is 0. The minimum Gasteiger partial charge on any atom is -0.342 e. The highest BCUT2D eigenvalue weighted by Crippen LogP contribution is 2.20. The zero-order valence-electron chi connectivity index (χ0n) is 14.6. The summed E-state index contributed by atoms with van der Waals surface area (Å²) in [6.07, 6.45) is 4.04. The number of piperidine rings is 1. The molecular weight excluding hydrogens is 340 g/mol. The first-order valence-corrected chi connectivity index (χ1v) is 10.5. The molecule has 6 nitrogen and oxygen atoms in total. The fraction of sp³-hybridized carbons (Fsp3) is 0.556. The molecule has 1 fully saturated rings. The van der Waals surface area contributed by atoms with Gasteiger partial charge in [-0.25, -0.2) is 13.1 Å². The highest BCUT2D eigenvalue weighted by molar-refractivity contribution is 7.88. The highest BCUT2D eigenvalue weighted by Gasteiger charge is 2.27. The van der Waals surface area contributed by atoms with Crippen molar-refractivity contribution in [2.75, 3.05) is 25.9 Å². The van der Waals surface area contributed by atoms with Crippen LogP contribution in [0.2, 0.25) is 0 Å². The number of Topliss-reactive ketones (excluding diaryl/α,β-unsaturated/α-hetero) is 1. The fourth-order valence-electron chi connectivity index (χ4n) is 3.08. The van der Waals surface area contributed by atoms with Gasteiger partial charge in [0.15, 0.2) is 0 Å². The first kappa shape index (κ1) is 19.6. The molecule has 0 unspecified atom stereocenters. The van der Waals surface area contributed by atoms with Crippen LogP contribution in [0, 0.1) is 5.92 Å². The van der Waals surface area contributed by atoms with E-state index in [0.717, 1.165) is 31.1 Å². The molecule has 0 radical (unpaired) electrons. The van der Waals surface area contributed by atoms with Gasteiger partial charge in [0, 0.05) is 38.4 Å². The van der Waals surface area contributed by atoms with Crippen LogP contribution in [0.4, 0.5) is 0 Å². The van der Waals surface area contributed by atoms with Crippen LogP contribution in [0.1, 0.15) is 31.2 Å². The second-order valence-electron chi connectivity index (χ2n) is 6.55. The van der Waals surface area contributed by atoms with Gasteiger partial charge in [0.2, 0.25) is 15.9 Å². The van der Waals surface area contributed by atoms with Gasteiger partial charge in [0.05, 0.1) is 6.26 Å². The Morgan fingerprint density at radius 1 is 1.20 bits per heavy atom. The zero-order valence-corrected chi connectivity index (χ0v) is 15.4. The van der Waals surface area contributed by atoms with Crippen LogP contribution in [-0.2, 0) is 26.0 Å². The molecule has 2 rings (SSSR count). The molecule has 7 heteroatoms. The van der Waals surface area contributed by atoms with Crippen LogP contribution in [-0.4, -0.2) is 50.9 Å². The first-order chi connectivity index (χ1) is 11.8. The van der Waals surface area contributed by atoms with Gasteiger partial charge in [-0.3, -0.25) is 9.59 Å². The Hall–Kier alpha value is -1.73. The second-order valence-corrected chi connectivity index (χ2v) is 8.38. The number of carbonyl (C=O) groups excluding carboxylic acids is 2. The van der Waals surface area contributed by atoms with Gasteiger partial charge in [-0.1, -0.05) is 30.3 Å². The summed E-state index contributed by atoms with van der Waals surface area (Å²) in [5.74, 6) is -0.00315. The quantitative estimate of drug-likeness (QED) is 0.753. The highest BCUT2D eigenvalue weighted by atomic mass is 32.2. The van der Waals surface area contributed by atoms with Crippen molar-refractivity contribution in [3.8, 4) is 0 Å². The minimum absolute atomic E-state index is 0.0980. The van der Waals surface area contributed by atoms with Crippen LogP contribution in [0.15, 0.2) is 30.3 Å². The summed E-state index contributed by atoms with van der Waals surface area (Å²) in [7, 11) is -3.28. The molecule has 1 saturated heterocycles. The number of hydrogen-bond acceptors (Lipinski definition) is 4. The predicted octanol–water partition coefficient (Wildman–Crippen LogP) is 1.37. The molecule has 1 aliphatic rings. The van der Waals surface area contributed by atoms with Crippen molar-refractivity contribution < 1.29 is 18.0 Å². The van der Waals surface area contributed by atoms with E-state index in [0.29, 0.717) is 19.5 Å². The van der Waals surface area contributed by atoms with E-state index in [-0.39, 0.29) is 30.6 Å². The number of rotatable bonds is 8. The standard InChI is InChI=1S/C18H26N2O4S/c1-25(23,24)19-12-11-18(22)20-13-5-8-16(14-20)17(21)10-9-15-6-3-2-4-7-15/h2-4,6-7,16,19H,5,8-14H2,1H3/t16-/m1/s1. The molecule has 0 bridgehead atoms. The Morgan fingerprint density at radius 3 is 2.60 bits per heavy atom. The smallest absolute Gasteiger partial charge is 0.223 e. The van der Waals surface area contributed by atoms with E-state index in [1.54, 1.807) is 4.90 Å². The van der Waals surface area contributed by atoms with E-state index in [1.807, 2.05) is 30.3 Å². The zero-order chi connectivity index (χ0) is 18.3. The van der Waals surface area contributed by atoms with E-state index in [1.165, 1.54) is 0 Å². The average molecular weight is 366 g/mol. The molecule has 1 heterocycles. The maximum Gasteiger partial charge on any atom is 0.223 e. The van der Waals surface area contributed by atoms with E-state index in [9.17, 15) is 18.0 Å². The van der Waals surface area contributed by atoms with Gasteiger partial charge < -0.3 is 4.90 Å². The van der Waals surface area contributed by atoms with Gasteiger partial charge in [0.25, 0.3) is 0 Å². The Kier molecular flexibility index (Phi) is 7.13. The van der Waals surface area contributed by atoms with Crippen molar-refractivity contribution in [1.29, 1.82) is 0 Å². The first-order valence-electron chi connectivity index (χ1n) is 8.64. The Labute approximate surface area is 149 Å². The van der Waals surface area contributed by atoms with E-state index in [4.69, 9.17) is 0 Å². The number of ketones is 1. The molecule has 1 atom stereocenters. The van der Waals surface area contributed by atoms with Crippen LogP contribution >= 0.6 is 0 Å². The number of carbonyl (C=O) groups is 2. The number of likely N-dealkylation sites (tertiary alicyclic amines) is 1. The molecule has 1 amide bonds. The number of hydrogen-bond donors (Lipinski definition) is 1. The van der Waals surface area contributed by atoms with Crippen molar-refractivity contribution in [1.82, 2.24) is 9.62 Å². The van der Waals surface area contributed by atoms with Crippen LogP contribution < -0.4 is 4.72 Å². The number of nitrogens with zero attached hydrogens (tertiary/aromatic N) is 1. The number of amides is 1. The molecule has 0 spiro atoms. The van der Waals surface area contributed by atoms with Crippen LogP contribution in [0.5, 0.6) is 0 Å². The van der Waals surface area contributed by atoms with Crippen molar-refractivity contribution >= 4 is 21.7 Å². The third-order valence-corrected chi connectivity index (χ3v) is 5.16. The lowest BCUT2D eigenvalue weighted by molar-refractivity contribution is -0.135. The Morgan fingerprint density at radius 2 is 1.92 bits per heavy atom. The number of aryl methyl sites for hydroxylation is 1. The number of sulfonamides is 1. The van der Waals surface area contributed by atoms with Gasteiger partial charge in [-0.15, -0.1) is 0 Å². The third-order valence-electron chi connectivity index (χ3n) is 4.44. The molecule has 25 heavy (non-hydrogen) atoms. The number of benzene rings is 1. The predicted molar refractivity (Wildman–Crippen MR) is 96.5 cm³/mol. The molecule has 1 aromatic carbocycles. The number of nitrogens with one attached hydrogen (secondary N) is 1. The van der Waals surface area contributed by atoms with Gasteiger partial charge in [-0.2, -0.15) is 0 Å². The largest absolute Gasteiger partial charge is 0.342 e. The summed E-state index contributed by atoms with van der Waals surface area (Å²) in [6, 6.07) is 9.91. The lowest BCUT2D eigenvalue weighted by Crippen LogP contribution is -2.43. The molecule has 0 aromatic heterocycles. The Bertz CT molecular complexity index is 688. The maximum atomic E-state index is 12.5. The van der Waals surface area contributed by atoms with Crippen molar-refractivity contribution in [3.63, 3.8) is 0 Å². The summed E-state index contributed by atoms with van der Waals surface area (Å²) in [5.41, 5.74) is 1.14. The monoisotopic (exact) mass is 366 g/mol. The van der Waals surface area contributed by atoms with E-state index < -0.39 is 10.0 Å². The van der Waals surface area contributed by atoms with Crippen molar-refractivity contribution in [3.05, 3.63) is 35.9 Å². The maximum absolute atomic E-state index is 12.5. The van der Waals surface area contributed by atoms with Gasteiger partial charge in [-0.05, 0) is 24.8 Å². The molecule has 1 aliphatic heterocycles. The molecule has 0 aliphatic carbocycles. The lowest BCUT2D eigenvalue weighted by atomic mass is 9.90. The Balaban J connectivity index is 1.79. The summed E-state index contributed by atoms with van der Waals surface area (Å²) in [4.78, 5) is 26.4.